The maximum absolute atomic E-state index is 11.9. The number of halogens is 2. The number of nitrogens with one attached hydrogen (secondary N) is 1. The Bertz CT molecular complexity index is 964. The van der Waals surface area contributed by atoms with Gasteiger partial charge in [-0.1, -0.05) is 29.8 Å². The average Bonchev–Trinajstić information content (AvgIpc) is 2.69. The lowest BCUT2D eigenvalue weighted by Gasteiger charge is -2.10. The van der Waals surface area contributed by atoms with Gasteiger partial charge in [-0.2, -0.15) is 5.10 Å². The summed E-state index contributed by atoms with van der Waals surface area (Å²) in [6, 6.07) is 16.3. The van der Waals surface area contributed by atoms with Crippen LogP contribution < -0.4 is 10.2 Å². The quantitative estimate of drug-likeness (QED) is 0.437. The first-order valence-electron chi connectivity index (χ1n) is 8.02. The summed E-state index contributed by atoms with van der Waals surface area (Å²) < 4.78 is 6.58. The number of aromatic nitrogens is 1. The van der Waals surface area contributed by atoms with Crippen molar-refractivity contribution in [3.63, 3.8) is 0 Å². The molecule has 0 saturated carbocycles. The highest BCUT2D eigenvalue weighted by molar-refractivity contribution is 9.10. The topological polar surface area (TPSA) is 63.6 Å². The molecule has 0 bridgehead atoms. The number of nitrogens with zero attached hydrogens (tertiary/aromatic N) is 2. The maximum atomic E-state index is 11.9. The molecule has 0 fully saturated rings. The van der Waals surface area contributed by atoms with Gasteiger partial charge >= 0.3 is 0 Å². The Kier molecular flexibility index (Phi) is 6.57. The van der Waals surface area contributed by atoms with E-state index in [-0.39, 0.29) is 5.91 Å². The highest BCUT2D eigenvalue weighted by Crippen LogP contribution is 2.27. The van der Waals surface area contributed by atoms with Gasteiger partial charge in [0.25, 0.3) is 5.91 Å². The summed E-state index contributed by atoms with van der Waals surface area (Å²) in [7, 11) is 0. The van der Waals surface area contributed by atoms with Crippen LogP contribution in [0.4, 0.5) is 0 Å². The molecule has 0 aliphatic rings. The Morgan fingerprint density at radius 2 is 1.96 bits per heavy atom. The van der Waals surface area contributed by atoms with Gasteiger partial charge in [-0.15, -0.1) is 0 Å². The molecule has 1 aromatic heterocycles. The molecule has 1 heterocycles. The highest BCUT2D eigenvalue weighted by Gasteiger charge is 2.05. The van der Waals surface area contributed by atoms with E-state index in [1.54, 1.807) is 30.7 Å². The maximum Gasteiger partial charge on any atom is 0.271 e. The van der Waals surface area contributed by atoms with Crippen LogP contribution in [0.1, 0.15) is 21.5 Å². The lowest BCUT2D eigenvalue weighted by molar-refractivity contribution is 0.0955. The minimum atomic E-state index is -0.299. The van der Waals surface area contributed by atoms with Crippen LogP contribution in [0.5, 0.6) is 5.75 Å². The smallest absolute Gasteiger partial charge is 0.271 e. The third-order valence-electron chi connectivity index (χ3n) is 3.62. The lowest BCUT2D eigenvalue weighted by Crippen LogP contribution is -2.17. The number of hydrogen-bond donors (Lipinski definition) is 1. The molecule has 5 nitrogen and oxygen atoms in total. The van der Waals surface area contributed by atoms with Gasteiger partial charge in [0.15, 0.2) is 0 Å². The summed E-state index contributed by atoms with van der Waals surface area (Å²) in [6.45, 7) is 0.369. The van der Waals surface area contributed by atoms with Gasteiger partial charge in [-0.05, 0) is 57.9 Å². The summed E-state index contributed by atoms with van der Waals surface area (Å²) in [5.41, 5.74) is 4.69. The molecule has 0 aliphatic carbocycles. The molecule has 7 heteroatoms. The van der Waals surface area contributed by atoms with Crippen molar-refractivity contribution >= 4 is 39.7 Å². The molecule has 0 spiro atoms. The number of amides is 1. The number of benzene rings is 2. The molecule has 3 rings (SSSR count). The zero-order chi connectivity index (χ0) is 19.1. The van der Waals surface area contributed by atoms with E-state index in [0.29, 0.717) is 22.9 Å². The summed E-state index contributed by atoms with van der Waals surface area (Å²) in [4.78, 5) is 15.8. The summed E-state index contributed by atoms with van der Waals surface area (Å²) in [5, 5.41) is 4.64. The molecule has 1 amide bonds. The van der Waals surface area contributed by atoms with Gasteiger partial charge in [0.1, 0.15) is 12.4 Å². The monoisotopic (exact) mass is 443 g/mol. The van der Waals surface area contributed by atoms with E-state index in [1.165, 1.54) is 0 Å². The van der Waals surface area contributed by atoms with E-state index in [4.69, 9.17) is 16.3 Å². The predicted octanol–water partition coefficient (Wildman–Crippen LogP) is 4.84. The van der Waals surface area contributed by atoms with Crippen molar-refractivity contribution in [3.05, 3.63) is 93.2 Å². The third kappa shape index (κ3) is 5.39. The van der Waals surface area contributed by atoms with Crippen molar-refractivity contribution in [2.24, 2.45) is 5.10 Å². The first-order chi connectivity index (χ1) is 13.1. The standard InChI is InChI=1S/C20H15BrClN3O2/c21-17-11-14(12-24-25-20(26)15-7-9-23-10-8-15)5-6-19(17)27-13-16-3-1-2-4-18(16)22/h1-12H,13H2,(H,25,26)/b24-12-. The number of carbonyl (C=O) groups excluding carboxylic acids is 1. The van der Waals surface area contributed by atoms with E-state index in [0.717, 1.165) is 15.6 Å². The van der Waals surface area contributed by atoms with Crippen LogP contribution in [0.2, 0.25) is 5.02 Å². The number of ether oxygens (including phenoxy) is 1. The summed E-state index contributed by atoms with van der Waals surface area (Å²) in [5.74, 6) is 0.389. The molecular formula is C20H15BrClN3O2. The van der Waals surface area contributed by atoms with E-state index >= 15 is 0 Å². The Morgan fingerprint density at radius 1 is 1.19 bits per heavy atom. The van der Waals surface area contributed by atoms with Gasteiger partial charge < -0.3 is 4.74 Å². The number of rotatable bonds is 6. The van der Waals surface area contributed by atoms with Gasteiger partial charge in [0, 0.05) is 28.5 Å². The molecule has 136 valence electrons. The number of pyridine rings is 1. The molecule has 0 saturated heterocycles. The second kappa shape index (κ2) is 9.30. The Hall–Kier alpha value is -2.70. The van der Waals surface area contributed by atoms with Gasteiger partial charge in [-0.3, -0.25) is 9.78 Å². The molecule has 3 aromatic rings. The minimum absolute atomic E-state index is 0.299. The molecule has 2 aromatic carbocycles. The van der Waals surface area contributed by atoms with Crippen molar-refractivity contribution in [1.29, 1.82) is 0 Å². The molecule has 1 N–H and O–H groups in total. The fraction of sp³-hybridized carbons (Fsp3) is 0.0500. The average molecular weight is 445 g/mol. The van der Waals surface area contributed by atoms with Crippen LogP contribution in [0, 0.1) is 0 Å². The SMILES string of the molecule is O=C(N/N=C\c1ccc(OCc2ccccc2Cl)c(Br)c1)c1ccncc1. The van der Waals surface area contributed by atoms with Crippen molar-refractivity contribution in [1.82, 2.24) is 10.4 Å². The van der Waals surface area contributed by atoms with Crippen LogP contribution in [0.3, 0.4) is 0 Å². The van der Waals surface area contributed by atoms with Gasteiger partial charge in [0.2, 0.25) is 0 Å². The lowest BCUT2D eigenvalue weighted by atomic mass is 10.2. The van der Waals surface area contributed by atoms with Crippen LogP contribution in [0.15, 0.2) is 76.6 Å². The van der Waals surface area contributed by atoms with Gasteiger partial charge in [-0.25, -0.2) is 5.43 Å². The van der Waals surface area contributed by atoms with E-state index in [9.17, 15) is 4.79 Å². The number of carbonyl (C=O) groups is 1. The van der Waals surface area contributed by atoms with Crippen LogP contribution in [-0.4, -0.2) is 17.1 Å². The minimum Gasteiger partial charge on any atom is -0.488 e. The van der Waals surface area contributed by atoms with Crippen molar-refractivity contribution < 1.29 is 9.53 Å². The zero-order valence-corrected chi connectivity index (χ0v) is 16.4. The predicted molar refractivity (Wildman–Crippen MR) is 109 cm³/mol. The Balaban J connectivity index is 1.59. The highest BCUT2D eigenvalue weighted by atomic mass is 79.9. The fourth-order valence-electron chi connectivity index (χ4n) is 2.22. The largest absolute Gasteiger partial charge is 0.488 e. The van der Waals surface area contributed by atoms with Crippen molar-refractivity contribution in [2.75, 3.05) is 0 Å². The first-order valence-corrected chi connectivity index (χ1v) is 9.20. The third-order valence-corrected chi connectivity index (χ3v) is 4.61. The molecular weight excluding hydrogens is 430 g/mol. The number of hydrogen-bond acceptors (Lipinski definition) is 4. The summed E-state index contributed by atoms with van der Waals surface area (Å²) in [6.07, 6.45) is 4.66. The van der Waals surface area contributed by atoms with Crippen molar-refractivity contribution in [3.8, 4) is 5.75 Å². The van der Waals surface area contributed by atoms with Crippen LogP contribution in [-0.2, 0) is 6.61 Å². The van der Waals surface area contributed by atoms with Crippen molar-refractivity contribution in [2.45, 2.75) is 6.61 Å². The zero-order valence-electron chi connectivity index (χ0n) is 14.1. The van der Waals surface area contributed by atoms with Crippen LogP contribution >= 0.6 is 27.5 Å². The molecule has 0 atom stereocenters. The molecule has 0 unspecified atom stereocenters. The van der Waals surface area contributed by atoms with E-state index in [1.807, 2.05) is 42.5 Å². The normalized spacial score (nSPS) is 10.7. The first kappa shape index (κ1) is 19.1. The van der Waals surface area contributed by atoms with Crippen LogP contribution in [0.25, 0.3) is 0 Å². The molecule has 0 aliphatic heterocycles. The van der Waals surface area contributed by atoms with Gasteiger partial charge in [0.05, 0.1) is 10.7 Å². The molecule has 27 heavy (non-hydrogen) atoms. The fourth-order valence-corrected chi connectivity index (χ4v) is 2.92. The molecule has 0 radical (unpaired) electrons. The second-order valence-corrected chi connectivity index (χ2v) is 6.77. The Labute approximate surface area is 170 Å². The Morgan fingerprint density at radius 3 is 2.70 bits per heavy atom. The number of hydrazone groups is 1. The summed E-state index contributed by atoms with van der Waals surface area (Å²) >= 11 is 9.62. The van der Waals surface area contributed by atoms with E-state index < -0.39 is 0 Å². The second-order valence-electron chi connectivity index (χ2n) is 5.50. The van der Waals surface area contributed by atoms with E-state index in [2.05, 4.69) is 31.4 Å².